The van der Waals surface area contributed by atoms with Crippen LogP contribution in [0.4, 0.5) is 0 Å². The van der Waals surface area contributed by atoms with Crippen LogP contribution in [0.3, 0.4) is 0 Å². The number of aryl methyl sites for hydroxylation is 1. The Hall–Kier alpha value is -1.02. The van der Waals surface area contributed by atoms with Crippen LogP contribution < -0.4 is 0 Å². The van der Waals surface area contributed by atoms with Crippen LogP contribution in [0.15, 0.2) is 18.2 Å². The van der Waals surface area contributed by atoms with Gasteiger partial charge < -0.3 is 10.0 Å². The fraction of sp³-hybridized carbons (Fsp3) is 0.400. The Morgan fingerprint density at radius 2 is 2.00 bits per heavy atom. The number of nitrogens with zero attached hydrogens (tertiary/aromatic N) is 1. The summed E-state index contributed by atoms with van der Waals surface area (Å²) < 4.78 is 0. The van der Waals surface area contributed by atoms with Gasteiger partial charge in [0, 0.05) is 6.54 Å². The van der Waals surface area contributed by atoms with Gasteiger partial charge in [0.1, 0.15) is 5.75 Å². The zero-order valence-corrected chi connectivity index (χ0v) is 7.83. The van der Waals surface area contributed by atoms with Crippen molar-refractivity contribution in [2.75, 3.05) is 14.1 Å². The van der Waals surface area contributed by atoms with Crippen LogP contribution in [0.5, 0.6) is 5.75 Å². The molecule has 66 valence electrons. The van der Waals surface area contributed by atoms with E-state index in [1.807, 2.05) is 33.2 Å². The third-order valence-electron chi connectivity index (χ3n) is 1.76. The molecule has 0 amide bonds. The molecule has 0 radical (unpaired) electrons. The second kappa shape index (κ2) is 3.59. The molecule has 0 spiro atoms. The number of phenols is 1. The molecular formula is C10H15NO. The average molecular weight is 165 g/mol. The zero-order chi connectivity index (χ0) is 9.14. The van der Waals surface area contributed by atoms with Crippen molar-refractivity contribution in [2.24, 2.45) is 0 Å². The largest absolute Gasteiger partial charge is 0.508 e. The van der Waals surface area contributed by atoms with Crippen molar-refractivity contribution in [2.45, 2.75) is 13.5 Å². The summed E-state index contributed by atoms with van der Waals surface area (Å²) >= 11 is 0. The van der Waals surface area contributed by atoms with E-state index in [1.165, 1.54) is 5.56 Å². The molecule has 0 bridgehead atoms. The van der Waals surface area contributed by atoms with E-state index in [0.29, 0.717) is 5.75 Å². The minimum absolute atomic E-state index is 0.373. The Balaban J connectivity index is 2.82. The Morgan fingerprint density at radius 3 is 2.50 bits per heavy atom. The SMILES string of the molecule is Cc1cc(CN(C)C)ccc1O. The highest BCUT2D eigenvalue weighted by Crippen LogP contribution is 2.17. The fourth-order valence-electron chi connectivity index (χ4n) is 1.18. The number of hydrogen-bond donors (Lipinski definition) is 1. The fourth-order valence-corrected chi connectivity index (χ4v) is 1.18. The van der Waals surface area contributed by atoms with Crippen LogP contribution in [0.1, 0.15) is 11.1 Å². The van der Waals surface area contributed by atoms with Gasteiger partial charge >= 0.3 is 0 Å². The third-order valence-corrected chi connectivity index (χ3v) is 1.76. The molecule has 0 saturated heterocycles. The highest BCUT2D eigenvalue weighted by molar-refractivity contribution is 5.34. The maximum atomic E-state index is 9.26. The lowest BCUT2D eigenvalue weighted by atomic mass is 10.1. The summed E-state index contributed by atoms with van der Waals surface area (Å²) in [6, 6.07) is 5.70. The van der Waals surface area contributed by atoms with Gasteiger partial charge in [0.2, 0.25) is 0 Å². The van der Waals surface area contributed by atoms with E-state index in [2.05, 4.69) is 4.90 Å². The molecule has 0 heterocycles. The van der Waals surface area contributed by atoms with Crippen LogP contribution in [-0.2, 0) is 6.54 Å². The number of aromatic hydroxyl groups is 1. The first-order chi connectivity index (χ1) is 5.59. The summed E-state index contributed by atoms with van der Waals surface area (Å²) in [4.78, 5) is 2.10. The normalized spacial score (nSPS) is 10.7. The van der Waals surface area contributed by atoms with Gasteiger partial charge in [0.05, 0.1) is 0 Å². The van der Waals surface area contributed by atoms with Gasteiger partial charge in [-0.1, -0.05) is 12.1 Å². The Bertz CT molecular complexity index is 269. The molecule has 1 rings (SSSR count). The molecule has 1 aromatic carbocycles. The molecule has 0 aliphatic rings. The predicted molar refractivity (Wildman–Crippen MR) is 50.2 cm³/mol. The molecule has 0 atom stereocenters. The summed E-state index contributed by atoms with van der Waals surface area (Å²) in [6.07, 6.45) is 0. The van der Waals surface area contributed by atoms with Gasteiger partial charge in [-0.25, -0.2) is 0 Å². The van der Waals surface area contributed by atoms with Crippen molar-refractivity contribution in [3.8, 4) is 5.75 Å². The van der Waals surface area contributed by atoms with E-state index < -0.39 is 0 Å². The van der Waals surface area contributed by atoms with E-state index in [9.17, 15) is 5.11 Å². The lowest BCUT2D eigenvalue weighted by Gasteiger charge is -2.10. The summed E-state index contributed by atoms with van der Waals surface area (Å²) in [6.45, 7) is 2.83. The summed E-state index contributed by atoms with van der Waals surface area (Å²) in [5, 5.41) is 9.26. The maximum absolute atomic E-state index is 9.26. The van der Waals surface area contributed by atoms with Gasteiger partial charge in [-0.2, -0.15) is 0 Å². The van der Waals surface area contributed by atoms with Crippen LogP contribution in [0, 0.1) is 6.92 Å². The molecule has 2 nitrogen and oxygen atoms in total. The molecule has 0 aliphatic carbocycles. The van der Waals surface area contributed by atoms with E-state index in [1.54, 1.807) is 6.07 Å². The summed E-state index contributed by atoms with van der Waals surface area (Å²) in [5.41, 5.74) is 2.17. The maximum Gasteiger partial charge on any atom is 0.118 e. The number of phenolic OH excluding ortho intramolecular Hbond substituents is 1. The lowest BCUT2D eigenvalue weighted by Crippen LogP contribution is -2.10. The van der Waals surface area contributed by atoms with E-state index >= 15 is 0 Å². The highest BCUT2D eigenvalue weighted by Gasteiger charge is 1.98. The van der Waals surface area contributed by atoms with Crippen LogP contribution in [-0.4, -0.2) is 24.1 Å². The van der Waals surface area contributed by atoms with Crippen LogP contribution in [0.2, 0.25) is 0 Å². The first kappa shape index (κ1) is 9.07. The molecule has 0 aromatic heterocycles. The summed E-state index contributed by atoms with van der Waals surface area (Å²) in [7, 11) is 4.06. The van der Waals surface area contributed by atoms with Crippen molar-refractivity contribution in [1.82, 2.24) is 4.90 Å². The minimum Gasteiger partial charge on any atom is -0.508 e. The second-order valence-corrected chi connectivity index (χ2v) is 3.36. The smallest absolute Gasteiger partial charge is 0.118 e. The third kappa shape index (κ3) is 2.24. The lowest BCUT2D eigenvalue weighted by molar-refractivity contribution is 0.401. The van der Waals surface area contributed by atoms with Gasteiger partial charge in [0.15, 0.2) is 0 Å². The van der Waals surface area contributed by atoms with E-state index in [0.717, 1.165) is 12.1 Å². The van der Waals surface area contributed by atoms with Crippen LogP contribution >= 0.6 is 0 Å². The minimum atomic E-state index is 0.373. The first-order valence-corrected chi connectivity index (χ1v) is 4.03. The van der Waals surface area contributed by atoms with Crippen molar-refractivity contribution in [3.63, 3.8) is 0 Å². The first-order valence-electron chi connectivity index (χ1n) is 4.03. The molecule has 2 heteroatoms. The molecule has 0 fully saturated rings. The molecule has 1 N–H and O–H groups in total. The Kier molecular flexibility index (Phi) is 2.71. The monoisotopic (exact) mass is 165 g/mol. The average Bonchev–Trinajstić information content (AvgIpc) is 1.96. The van der Waals surface area contributed by atoms with Crippen molar-refractivity contribution in [3.05, 3.63) is 29.3 Å². The van der Waals surface area contributed by atoms with Gasteiger partial charge in [-0.05, 0) is 38.2 Å². The van der Waals surface area contributed by atoms with Crippen LogP contribution in [0.25, 0.3) is 0 Å². The second-order valence-electron chi connectivity index (χ2n) is 3.36. The quantitative estimate of drug-likeness (QED) is 0.721. The van der Waals surface area contributed by atoms with E-state index in [-0.39, 0.29) is 0 Å². The molecule has 0 unspecified atom stereocenters. The van der Waals surface area contributed by atoms with E-state index in [4.69, 9.17) is 0 Å². The van der Waals surface area contributed by atoms with Gasteiger partial charge in [-0.15, -0.1) is 0 Å². The Labute approximate surface area is 73.4 Å². The summed E-state index contributed by atoms with van der Waals surface area (Å²) in [5.74, 6) is 0.373. The molecular weight excluding hydrogens is 150 g/mol. The highest BCUT2D eigenvalue weighted by atomic mass is 16.3. The molecule has 0 saturated carbocycles. The van der Waals surface area contributed by atoms with Gasteiger partial charge in [0.25, 0.3) is 0 Å². The van der Waals surface area contributed by atoms with Crippen molar-refractivity contribution >= 4 is 0 Å². The topological polar surface area (TPSA) is 23.5 Å². The van der Waals surface area contributed by atoms with Crippen molar-refractivity contribution in [1.29, 1.82) is 0 Å². The number of benzene rings is 1. The number of rotatable bonds is 2. The zero-order valence-electron chi connectivity index (χ0n) is 7.83. The molecule has 1 aromatic rings. The Morgan fingerprint density at radius 1 is 1.33 bits per heavy atom. The number of hydrogen-bond acceptors (Lipinski definition) is 2. The standard InChI is InChI=1S/C10H15NO/c1-8-6-9(7-11(2)3)4-5-10(8)12/h4-6,12H,7H2,1-3H3. The molecule has 12 heavy (non-hydrogen) atoms. The predicted octanol–water partition coefficient (Wildman–Crippen LogP) is 1.76. The van der Waals surface area contributed by atoms with Crippen molar-refractivity contribution < 1.29 is 5.11 Å². The van der Waals surface area contributed by atoms with Gasteiger partial charge in [-0.3, -0.25) is 0 Å². The molecule has 0 aliphatic heterocycles.